The van der Waals surface area contributed by atoms with Crippen molar-refractivity contribution < 1.29 is 27.1 Å². The van der Waals surface area contributed by atoms with Gasteiger partial charge in [-0.2, -0.15) is 4.39 Å². The van der Waals surface area contributed by atoms with Gasteiger partial charge >= 0.3 is 6.03 Å². The van der Waals surface area contributed by atoms with Gasteiger partial charge in [-0.25, -0.2) is 22.9 Å². The number of carbonyl (C=O) groups is 1. The number of aromatic nitrogens is 2. The van der Waals surface area contributed by atoms with Crippen molar-refractivity contribution in [1.29, 1.82) is 0 Å². The fraction of sp³-hybridized carbons (Fsp3) is 0.160. The Kier molecular flexibility index (Phi) is 6.28. The van der Waals surface area contributed by atoms with Crippen LogP contribution in [0, 0.1) is 23.3 Å². The van der Waals surface area contributed by atoms with Gasteiger partial charge in [0.25, 0.3) is 0 Å². The molecule has 4 aromatic rings. The number of anilines is 3. The highest BCUT2D eigenvalue weighted by atomic mass is 19.2. The Hall–Kier alpha value is -4.41. The largest absolute Gasteiger partial charge is 0.451 e. The number of amides is 2. The number of carbonyl (C=O) groups excluding carboxylic acids is 1. The van der Waals surface area contributed by atoms with E-state index in [4.69, 9.17) is 4.74 Å². The lowest BCUT2D eigenvalue weighted by molar-refractivity contribution is 0.262. The maximum atomic E-state index is 15.1. The van der Waals surface area contributed by atoms with E-state index >= 15 is 4.39 Å². The van der Waals surface area contributed by atoms with Crippen LogP contribution in [0.4, 0.5) is 39.5 Å². The maximum absolute atomic E-state index is 15.1. The summed E-state index contributed by atoms with van der Waals surface area (Å²) in [4.78, 5) is 23.2. The van der Waals surface area contributed by atoms with Crippen LogP contribution in [-0.2, 0) is 0 Å². The molecular weight excluding hydrogens is 478 g/mol. The van der Waals surface area contributed by atoms with Crippen molar-refractivity contribution in [2.45, 2.75) is 12.8 Å². The zero-order chi connectivity index (χ0) is 25.2. The molecule has 1 saturated heterocycles. The molecule has 0 atom stereocenters. The molecule has 2 heterocycles. The van der Waals surface area contributed by atoms with Crippen LogP contribution in [0.25, 0.3) is 11.0 Å². The molecule has 1 fully saturated rings. The minimum Gasteiger partial charge on any atom is -0.451 e. The molecular formula is C25H19F4N5O2. The fourth-order valence-corrected chi connectivity index (χ4v) is 3.87. The lowest BCUT2D eigenvalue weighted by Gasteiger charge is -2.16. The van der Waals surface area contributed by atoms with E-state index in [9.17, 15) is 18.0 Å². The van der Waals surface area contributed by atoms with Crippen LogP contribution >= 0.6 is 0 Å². The lowest BCUT2D eigenvalue weighted by Crippen LogP contribution is -2.20. The number of hydrogen-bond acceptors (Lipinski definition) is 5. The van der Waals surface area contributed by atoms with Crippen molar-refractivity contribution >= 4 is 34.3 Å². The molecule has 1 aliphatic heterocycles. The number of fused-ring (bicyclic) bond motifs is 1. The van der Waals surface area contributed by atoms with Crippen LogP contribution in [0.2, 0.25) is 0 Å². The number of nitrogens with one attached hydrogen (secondary N) is 2. The summed E-state index contributed by atoms with van der Waals surface area (Å²) in [6, 6.07) is 8.87. The minimum atomic E-state index is -1.57. The first-order valence-corrected chi connectivity index (χ1v) is 11.1. The molecule has 1 aliphatic rings. The Morgan fingerprint density at radius 3 is 2.50 bits per heavy atom. The first kappa shape index (κ1) is 23.3. The summed E-state index contributed by atoms with van der Waals surface area (Å²) in [6.45, 7) is 1.72. The highest BCUT2D eigenvalue weighted by Crippen LogP contribution is 2.35. The molecule has 0 radical (unpaired) electrons. The molecule has 0 unspecified atom stereocenters. The zero-order valence-electron chi connectivity index (χ0n) is 18.7. The van der Waals surface area contributed by atoms with Crippen LogP contribution in [0.5, 0.6) is 11.5 Å². The second-order valence-electron chi connectivity index (χ2n) is 8.13. The highest BCUT2D eigenvalue weighted by molar-refractivity contribution is 6.00. The lowest BCUT2D eigenvalue weighted by atomic mass is 10.2. The molecule has 36 heavy (non-hydrogen) atoms. The quantitative estimate of drug-likeness (QED) is 0.253. The Morgan fingerprint density at radius 1 is 0.917 bits per heavy atom. The van der Waals surface area contributed by atoms with Crippen LogP contribution in [0.1, 0.15) is 12.8 Å². The Morgan fingerprint density at radius 2 is 1.72 bits per heavy atom. The van der Waals surface area contributed by atoms with Crippen molar-refractivity contribution in [3.8, 4) is 11.5 Å². The summed E-state index contributed by atoms with van der Waals surface area (Å²) in [5.41, 5.74) is 0.385. The first-order chi connectivity index (χ1) is 17.4. The van der Waals surface area contributed by atoms with E-state index in [1.807, 2.05) is 0 Å². The molecule has 5 rings (SSSR count). The number of urea groups is 1. The van der Waals surface area contributed by atoms with Crippen molar-refractivity contribution in [3.63, 3.8) is 0 Å². The normalized spacial score (nSPS) is 13.2. The maximum Gasteiger partial charge on any atom is 0.323 e. The zero-order valence-corrected chi connectivity index (χ0v) is 18.7. The van der Waals surface area contributed by atoms with Crippen LogP contribution in [-0.4, -0.2) is 29.1 Å². The number of hydrogen-bond donors (Lipinski definition) is 2. The second-order valence-corrected chi connectivity index (χ2v) is 8.13. The van der Waals surface area contributed by atoms with Crippen LogP contribution < -0.4 is 20.3 Å². The standard InChI is InChI=1S/C25H19F4N5O2/c26-14-4-3-5-15(10-14)31-25(35)33-20-12-17(27)22(28)24(23(20)29)36-16-6-7-18-19(11-16)32-21(13-30-18)34-8-1-2-9-34/h3-7,10-13H,1-2,8-9H2,(H2,31,33,35). The van der Waals surface area contributed by atoms with Crippen molar-refractivity contribution in [2.75, 3.05) is 28.6 Å². The van der Waals surface area contributed by atoms with Gasteiger partial charge < -0.3 is 20.3 Å². The summed E-state index contributed by atoms with van der Waals surface area (Å²) in [6.07, 6.45) is 3.77. The van der Waals surface area contributed by atoms with Crippen molar-refractivity contribution in [2.24, 2.45) is 0 Å². The van der Waals surface area contributed by atoms with Crippen LogP contribution in [0.15, 0.2) is 54.7 Å². The molecule has 3 aromatic carbocycles. The molecule has 1 aromatic heterocycles. The summed E-state index contributed by atoms with van der Waals surface area (Å²) in [5.74, 6) is -5.32. The number of rotatable bonds is 5. The Balaban J connectivity index is 1.40. The molecule has 11 heteroatoms. The van der Waals surface area contributed by atoms with E-state index in [1.165, 1.54) is 30.3 Å². The summed E-state index contributed by atoms with van der Waals surface area (Å²) >= 11 is 0. The molecule has 0 bridgehead atoms. The van der Waals surface area contributed by atoms with E-state index in [-0.39, 0.29) is 11.4 Å². The van der Waals surface area contributed by atoms with E-state index in [2.05, 4.69) is 25.5 Å². The van der Waals surface area contributed by atoms with E-state index in [1.54, 1.807) is 12.3 Å². The smallest absolute Gasteiger partial charge is 0.323 e. The SMILES string of the molecule is O=C(Nc1cccc(F)c1)Nc1cc(F)c(F)c(Oc2ccc3ncc(N4CCCC4)nc3c2)c1F. The average Bonchev–Trinajstić information content (AvgIpc) is 3.40. The van der Waals surface area contributed by atoms with Gasteiger partial charge in [0.15, 0.2) is 11.6 Å². The molecule has 0 aliphatic carbocycles. The predicted molar refractivity (Wildman–Crippen MR) is 126 cm³/mol. The molecule has 2 amide bonds. The molecule has 184 valence electrons. The number of ether oxygens (including phenoxy) is 1. The van der Waals surface area contributed by atoms with Crippen molar-refractivity contribution in [1.82, 2.24) is 9.97 Å². The molecule has 2 N–H and O–H groups in total. The van der Waals surface area contributed by atoms with E-state index in [0.717, 1.165) is 32.0 Å². The van der Waals surface area contributed by atoms with Gasteiger partial charge in [0.1, 0.15) is 17.4 Å². The third kappa shape index (κ3) is 4.85. The monoisotopic (exact) mass is 497 g/mol. The first-order valence-electron chi connectivity index (χ1n) is 11.1. The van der Waals surface area contributed by atoms with Gasteiger partial charge in [-0.1, -0.05) is 6.07 Å². The molecule has 0 spiro atoms. The number of halogens is 4. The van der Waals surface area contributed by atoms with Gasteiger partial charge in [0, 0.05) is 30.9 Å². The van der Waals surface area contributed by atoms with Gasteiger partial charge in [-0.3, -0.25) is 4.98 Å². The third-order valence-electron chi connectivity index (χ3n) is 5.60. The third-order valence-corrected chi connectivity index (χ3v) is 5.60. The minimum absolute atomic E-state index is 0.00562. The van der Waals surface area contributed by atoms with Gasteiger partial charge in [-0.05, 0) is 43.2 Å². The summed E-state index contributed by atoms with van der Waals surface area (Å²) in [5, 5.41) is 4.36. The summed E-state index contributed by atoms with van der Waals surface area (Å²) in [7, 11) is 0. The van der Waals surface area contributed by atoms with Gasteiger partial charge in [-0.15, -0.1) is 0 Å². The predicted octanol–water partition coefficient (Wildman–Crippen LogP) is 6.22. The number of nitrogens with zero attached hydrogens (tertiary/aromatic N) is 3. The molecule has 0 saturated carbocycles. The second kappa shape index (κ2) is 9.68. The van der Waals surface area contributed by atoms with Crippen LogP contribution in [0.3, 0.4) is 0 Å². The Bertz CT molecular complexity index is 1460. The van der Waals surface area contributed by atoms with Gasteiger partial charge in [0.2, 0.25) is 11.6 Å². The van der Waals surface area contributed by atoms with E-state index in [0.29, 0.717) is 22.9 Å². The average molecular weight is 497 g/mol. The van der Waals surface area contributed by atoms with E-state index < -0.39 is 40.7 Å². The summed E-state index contributed by atoms with van der Waals surface area (Å²) < 4.78 is 62.5. The Labute approximate surface area is 202 Å². The van der Waals surface area contributed by atoms with Crippen molar-refractivity contribution in [3.05, 3.63) is 78.0 Å². The highest BCUT2D eigenvalue weighted by Gasteiger charge is 2.23. The topological polar surface area (TPSA) is 79.4 Å². The van der Waals surface area contributed by atoms with Gasteiger partial charge in [0.05, 0.1) is 22.9 Å². The fourth-order valence-electron chi connectivity index (χ4n) is 3.87. The molecule has 7 nitrogen and oxygen atoms in total. The number of benzene rings is 3.